The molecule has 2 N–H and O–H groups in total. The Morgan fingerprint density at radius 2 is 2.25 bits per heavy atom. The zero-order valence-corrected chi connectivity index (χ0v) is 6.18. The summed E-state index contributed by atoms with van der Waals surface area (Å²) in [6, 6.07) is 1.44. The highest BCUT2D eigenvalue weighted by Crippen LogP contribution is 2.05. The second kappa shape index (κ2) is 3.99. The summed E-state index contributed by atoms with van der Waals surface area (Å²) >= 11 is 0. The van der Waals surface area contributed by atoms with Crippen LogP contribution in [0.5, 0.6) is 0 Å². The lowest BCUT2D eigenvalue weighted by Crippen LogP contribution is -2.05. The van der Waals surface area contributed by atoms with Gasteiger partial charge in [-0.05, 0) is 6.07 Å². The predicted octanol–water partition coefficient (Wildman–Crippen LogP) is 0.246. The van der Waals surface area contributed by atoms with Crippen molar-refractivity contribution >= 4 is 13.2 Å². The van der Waals surface area contributed by atoms with Crippen molar-refractivity contribution < 1.29 is 14.4 Å². The summed E-state index contributed by atoms with van der Waals surface area (Å²) in [7, 11) is -1.56. The third kappa shape index (κ3) is 2.45. The molecule has 3 nitrogen and oxygen atoms in total. The first-order valence-electron chi connectivity index (χ1n) is 3.34. The van der Waals surface area contributed by atoms with Gasteiger partial charge >= 0.3 is 7.12 Å². The molecule has 0 aromatic carbocycles. The monoisotopic (exact) mass is 167 g/mol. The Bertz CT molecular complexity index is 290. The van der Waals surface area contributed by atoms with Gasteiger partial charge in [0.1, 0.15) is 5.82 Å². The van der Waals surface area contributed by atoms with Crippen molar-refractivity contribution in [1.82, 2.24) is 4.98 Å². The molecule has 0 unspecified atom stereocenters. The smallest absolute Gasteiger partial charge is 0.424 e. The lowest BCUT2D eigenvalue weighted by molar-refractivity contribution is 0.424. The Hall–Kier alpha value is -1.20. The van der Waals surface area contributed by atoms with E-state index in [1.807, 2.05) is 0 Å². The highest BCUT2D eigenvalue weighted by molar-refractivity contribution is 6.48. The van der Waals surface area contributed by atoms with Crippen molar-refractivity contribution in [2.75, 3.05) is 0 Å². The van der Waals surface area contributed by atoms with E-state index in [0.29, 0.717) is 0 Å². The molecule has 1 aromatic rings. The number of halogens is 1. The molecule has 0 radical (unpaired) electrons. The van der Waals surface area contributed by atoms with E-state index in [2.05, 4.69) is 4.98 Å². The second-order valence-corrected chi connectivity index (χ2v) is 2.17. The van der Waals surface area contributed by atoms with E-state index in [0.717, 1.165) is 12.2 Å². The molecule has 1 heterocycles. The Kier molecular flexibility index (Phi) is 2.96. The Morgan fingerprint density at radius 1 is 1.50 bits per heavy atom. The minimum Gasteiger partial charge on any atom is -0.424 e. The van der Waals surface area contributed by atoms with Crippen molar-refractivity contribution in [2.45, 2.75) is 0 Å². The third-order valence-corrected chi connectivity index (χ3v) is 1.25. The molecule has 62 valence electrons. The van der Waals surface area contributed by atoms with E-state index in [-0.39, 0.29) is 5.56 Å². The lowest BCUT2D eigenvalue weighted by atomic mass is 9.91. The van der Waals surface area contributed by atoms with Crippen LogP contribution in [-0.2, 0) is 0 Å². The topological polar surface area (TPSA) is 53.4 Å². The van der Waals surface area contributed by atoms with Gasteiger partial charge < -0.3 is 10.0 Å². The van der Waals surface area contributed by atoms with Crippen LogP contribution in [-0.4, -0.2) is 22.2 Å². The van der Waals surface area contributed by atoms with E-state index < -0.39 is 12.9 Å². The zero-order chi connectivity index (χ0) is 8.97. The number of nitrogens with zero attached hydrogens (tertiary/aromatic N) is 1. The first-order valence-corrected chi connectivity index (χ1v) is 3.34. The number of aromatic nitrogens is 1. The summed E-state index contributed by atoms with van der Waals surface area (Å²) in [4.78, 5) is 3.54. The minimum atomic E-state index is -1.56. The van der Waals surface area contributed by atoms with Crippen molar-refractivity contribution in [3.05, 3.63) is 35.8 Å². The SMILES string of the molecule is OB(O)/C=C/c1ccncc1F. The van der Waals surface area contributed by atoms with Crippen LogP contribution in [0.15, 0.2) is 24.4 Å². The van der Waals surface area contributed by atoms with Crippen molar-refractivity contribution in [2.24, 2.45) is 0 Å². The molecule has 0 aliphatic rings. The summed E-state index contributed by atoms with van der Waals surface area (Å²) in [6.45, 7) is 0. The lowest BCUT2D eigenvalue weighted by Gasteiger charge is -1.93. The molecular weight excluding hydrogens is 160 g/mol. The average molecular weight is 167 g/mol. The molecule has 0 saturated carbocycles. The van der Waals surface area contributed by atoms with Gasteiger partial charge in [0.15, 0.2) is 0 Å². The number of rotatable bonds is 2. The maximum absolute atomic E-state index is 12.8. The van der Waals surface area contributed by atoms with Crippen LogP contribution in [0, 0.1) is 5.82 Å². The normalized spacial score (nSPS) is 10.6. The molecule has 0 fully saturated rings. The molecule has 0 atom stereocenters. The third-order valence-electron chi connectivity index (χ3n) is 1.25. The van der Waals surface area contributed by atoms with Crippen LogP contribution in [0.4, 0.5) is 4.39 Å². The van der Waals surface area contributed by atoms with E-state index in [4.69, 9.17) is 10.0 Å². The van der Waals surface area contributed by atoms with E-state index in [1.165, 1.54) is 18.3 Å². The molecule has 0 amide bonds. The van der Waals surface area contributed by atoms with E-state index >= 15 is 0 Å². The van der Waals surface area contributed by atoms with Gasteiger partial charge in [-0.15, -0.1) is 0 Å². The Balaban J connectivity index is 2.82. The first kappa shape index (κ1) is 8.90. The predicted molar refractivity (Wildman–Crippen MR) is 43.4 cm³/mol. The van der Waals surface area contributed by atoms with Crippen LogP contribution in [0.3, 0.4) is 0 Å². The summed E-state index contributed by atoms with van der Waals surface area (Å²) in [6.07, 6.45) is 3.76. The Labute approximate surface area is 69.3 Å². The van der Waals surface area contributed by atoms with E-state index in [9.17, 15) is 4.39 Å². The summed E-state index contributed by atoms with van der Waals surface area (Å²) < 4.78 is 12.8. The second-order valence-electron chi connectivity index (χ2n) is 2.17. The maximum Gasteiger partial charge on any atom is 0.480 e. The van der Waals surface area contributed by atoms with Crippen molar-refractivity contribution in [1.29, 1.82) is 0 Å². The van der Waals surface area contributed by atoms with Crippen molar-refractivity contribution in [3.8, 4) is 0 Å². The summed E-state index contributed by atoms with van der Waals surface area (Å²) in [5.41, 5.74) is 0.276. The highest BCUT2D eigenvalue weighted by Gasteiger charge is 2.00. The standard InChI is InChI=1S/C7H7BFNO2/c9-7-5-10-4-2-6(7)1-3-8(11)12/h1-5,11-12H/b3-1+. The van der Waals surface area contributed by atoms with Crippen LogP contribution < -0.4 is 0 Å². The molecule has 0 spiro atoms. The molecule has 5 heteroatoms. The zero-order valence-electron chi connectivity index (χ0n) is 6.18. The molecule has 0 aliphatic carbocycles. The van der Waals surface area contributed by atoms with Gasteiger partial charge in [0.05, 0.1) is 6.20 Å². The van der Waals surface area contributed by atoms with Gasteiger partial charge in [-0.3, -0.25) is 4.98 Å². The van der Waals surface area contributed by atoms with Gasteiger partial charge in [-0.1, -0.05) is 12.1 Å². The van der Waals surface area contributed by atoms with Crippen LogP contribution >= 0.6 is 0 Å². The van der Waals surface area contributed by atoms with E-state index in [1.54, 1.807) is 0 Å². The quantitative estimate of drug-likeness (QED) is 0.620. The van der Waals surface area contributed by atoms with Crippen LogP contribution in [0.25, 0.3) is 6.08 Å². The van der Waals surface area contributed by atoms with Gasteiger partial charge in [0, 0.05) is 11.8 Å². The van der Waals surface area contributed by atoms with Gasteiger partial charge in [-0.25, -0.2) is 4.39 Å². The fraction of sp³-hybridized carbons (Fsp3) is 0. The molecule has 1 rings (SSSR count). The van der Waals surface area contributed by atoms with Gasteiger partial charge in [0.2, 0.25) is 0 Å². The average Bonchev–Trinajstić information content (AvgIpc) is 2.03. The first-order chi connectivity index (χ1) is 5.70. The minimum absolute atomic E-state index is 0.276. The highest BCUT2D eigenvalue weighted by atomic mass is 19.1. The van der Waals surface area contributed by atoms with Crippen LogP contribution in [0.1, 0.15) is 5.56 Å². The number of hydrogen-bond acceptors (Lipinski definition) is 3. The summed E-state index contributed by atoms with van der Waals surface area (Å²) in [5.74, 6) is 0.577. The number of hydrogen-bond donors (Lipinski definition) is 2. The van der Waals surface area contributed by atoms with Crippen LogP contribution in [0.2, 0.25) is 0 Å². The van der Waals surface area contributed by atoms with Gasteiger partial charge in [-0.2, -0.15) is 0 Å². The maximum atomic E-state index is 12.8. The molecule has 0 aliphatic heterocycles. The fourth-order valence-corrected chi connectivity index (χ4v) is 0.711. The molecule has 0 saturated heterocycles. The largest absolute Gasteiger partial charge is 0.480 e. The summed E-state index contributed by atoms with van der Waals surface area (Å²) in [5, 5.41) is 16.9. The molecule has 12 heavy (non-hydrogen) atoms. The van der Waals surface area contributed by atoms with Crippen molar-refractivity contribution in [3.63, 3.8) is 0 Å². The fourth-order valence-electron chi connectivity index (χ4n) is 0.711. The molecule has 0 bridgehead atoms. The Morgan fingerprint density at radius 3 is 2.83 bits per heavy atom. The molecule has 1 aromatic heterocycles. The number of pyridine rings is 1. The van der Waals surface area contributed by atoms with Gasteiger partial charge in [0.25, 0.3) is 0 Å². The molecular formula is C7H7BFNO2.